The Kier molecular flexibility index (Phi) is 5.38. The quantitative estimate of drug-likeness (QED) is 0.261. The molecule has 0 fully saturated rings. The van der Waals surface area contributed by atoms with E-state index in [1.165, 1.54) is 6.92 Å². The van der Waals surface area contributed by atoms with Crippen molar-refractivity contribution in [3.05, 3.63) is 0 Å². The van der Waals surface area contributed by atoms with Crippen LogP contribution in [0.2, 0.25) is 0 Å². The Bertz CT molecular complexity index is 139. The second kappa shape index (κ2) is 5.48. The van der Waals surface area contributed by atoms with E-state index in [0.29, 0.717) is 0 Å². The van der Waals surface area contributed by atoms with Crippen molar-refractivity contribution in [2.24, 2.45) is 5.92 Å². The maximum Gasteiger partial charge on any atom is 0.180 e. The summed E-state index contributed by atoms with van der Waals surface area (Å²) in [5.74, 6) is -0.650. The molecular formula is C7H16O6. The van der Waals surface area contributed by atoms with Gasteiger partial charge < -0.3 is 30.6 Å². The minimum Gasteiger partial charge on any atom is -0.396 e. The van der Waals surface area contributed by atoms with Crippen LogP contribution in [-0.2, 0) is 0 Å². The van der Waals surface area contributed by atoms with Crippen LogP contribution in [0.4, 0.5) is 0 Å². The fourth-order valence-electron chi connectivity index (χ4n) is 0.823. The predicted molar refractivity (Wildman–Crippen MR) is 42.5 cm³/mol. The van der Waals surface area contributed by atoms with Gasteiger partial charge in [-0.05, 0) is 0 Å². The Morgan fingerprint density at radius 1 is 0.846 bits per heavy atom. The molecular weight excluding hydrogens is 180 g/mol. The Balaban J connectivity index is 4.15. The van der Waals surface area contributed by atoms with E-state index in [1.807, 2.05) is 0 Å². The standard InChI is InChI=1S/C7H16O6/c1-3(2-8)4(9)5(10)6(11)7(12)13/h3-13H,2H2,1H3/t3?,4-,5?,6?/m1/s1. The molecule has 0 heterocycles. The van der Waals surface area contributed by atoms with Gasteiger partial charge in [-0.3, -0.25) is 0 Å². The van der Waals surface area contributed by atoms with Gasteiger partial charge in [-0.1, -0.05) is 6.92 Å². The first kappa shape index (κ1) is 12.8. The monoisotopic (exact) mass is 196 g/mol. The van der Waals surface area contributed by atoms with Crippen molar-refractivity contribution in [2.75, 3.05) is 6.61 Å². The smallest absolute Gasteiger partial charge is 0.180 e. The first-order valence-electron chi connectivity index (χ1n) is 3.93. The molecule has 0 aromatic rings. The molecule has 0 aliphatic rings. The van der Waals surface area contributed by atoms with E-state index in [-0.39, 0.29) is 6.61 Å². The molecule has 6 nitrogen and oxygen atoms in total. The first-order chi connectivity index (χ1) is 5.91. The molecule has 0 saturated carbocycles. The summed E-state index contributed by atoms with van der Waals surface area (Å²) in [5.41, 5.74) is 0. The molecule has 3 unspecified atom stereocenters. The molecule has 0 radical (unpaired) electrons. The van der Waals surface area contributed by atoms with Gasteiger partial charge >= 0.3 is 0 Å². The average Bonchev–Trinajstić information content (AvgIpc) is 2.12. The molecule has 0 aromatic heterocycles. The molecule has 6 heteroatoms. The van der Waals surface area contributed by atoms with Crippen molar-refractivity contribution in [1.29, 1.82) is 0 Å². The van der Waals surface area contributed by atoms with Crippen LogP contribution in [0.5, 0.6) is 0 Å². The fraction of sp³-hybridized carbons (Fsp3) is 1.00. The third kappa shape index (κ3) is 3.55. The number of aliphatic hydroxyl groups excluding tert-OH is 5. The van der Waals surface area contributed by atoms with E-state index in [0.717, 1.165) is 0 Å². The highest BCUT2D eigenvalue weighted by Crippen LogP contribution is 2.11. The van der Waals surface area contributed by atoms with E-state index in [2.05, 4.69) is 0 Å². The van der Waals surface area contributed by atoms with E-state index in [9.17, 15) is 5.11 Å². The topological polar surface area (TPSA) is 121 Å². The van der Waals surface area contributed by atoms with E-state index in [1.54, 1.807) is 0 Å². The summed E-state index contributed by atoms with van der Waals surface area (Å²) in [6.45, 7) is 1.08. The summed E-state index contributed by atoms with van der Waals surface area (Å²) in [4.78, 5) is 0. The van der Waals surface area contributed by atoms with Gasteiger partial charge in [0.2, 0.25) is 0 Å². The Morgan fingerprint density at radius 2 is 1.31 bits per heavy atom. The van der Waals surface area contributed by atoms with Crippen LogP contribution in [0.1, 0.15) is 6.92 Å². The molecule has 0 bridgehead atoms. The lowest BCUT2D eigenvalue weighted by molar-refractivity contribution is -0.183. The first-order valence-corrected chi connectivity index (χ1v) is 3.93. The lowest BCUT2D eigenvalue weighted by Gasteiger charge is -2.26. The highest BCUT2D eigenvalue weighted by atomic mass is 16.5. The van der Waals surface area contributed by atoms with Crippen LogP contribution in [0.15, 0.2) is 0 Å². The van der Waals surface area contributed by atoms with Gasteiger partial charge in [-0.15, -0.1) is 0 Å². The average molecular weight is 196 g/mol. The van der Waals surface area contributed by atoms with Crippen molar-refractivity contribution < 1.29 is 30.6 Å². The number of hydrogen-bond donors (Lipinski definition) is 6. The lowest BCUT2D eigenvalue weighted by Crippen LogP contribution is -2.47. The molecule has 0 aromatic carbocycles. The fourth-order valence-corrected chi connectivity index (χ4v) is 0.823. The van der Waals surface area contributed by atoms with Crippen molar-refractivity contribution in [3.8, 4) is 0 Å². The van der Waals surface area contributed by atoms with Gasteiger partial charge in [0.05, 0.1) is 6.10 Å². The molecule has 0 spiro atoms. The summed E-state index contributed by atoms with van der Waals surface area (Å²) >= 11 is 0. The molecule has 0 rings (SSSR count). The maximum atomic E-state index is 9.21. The second-order valence-electron chi connectivity index (χ2n) is 3.05. The predicted octanol–water partition coefficient (Wildman–Crippen LogP) is -2.99. The van der Waals surface area contributed by atoms with Crippen LogP contribution in [0.3, 0.4) is 0 Å². The van der Waals surface area contributed by atoms with Crippen molar-refractivity contribution in [2.45, 2.75) is 31.5 Å². The lowest BCUT2D eigenvalue weighted by atomic mass is 9.97. The zero-order valence-electron chi connectivity index (χ0n) is 7.28. The van der Waals surface area contributed by atoms with E-state index in [4.69, 9.17) is 25.5 Å². The normalized spacial score (nSPS) is 21.2. The molecule has 13 heavy (non-hydrogen) atoms. The molecule has 0 aliphatic carbocycles. The van der Waals surface area contributed by atoms with Crippen molar-refractivity contribution in [1.82, 2.24) is 0 Å². The van der Waals surface area contributed by atoms with Crippen molar-refractivity contribution >= 4 is 0 Å². The Hall–Kier alpha value is -0.240. The van der Waals surface area contributed by atoms with Gasteiger partial charge in [0, 0.05) is 12.5 Å². The molecule has 0 aliphatic heterocycles. The zero-order chi connectivity index (χ0) is 10.6. The van der Waals surface area contributed by atoms with Crippen LogP contribution in [0.25, 0.3) is 0 Å². The van der Waals surface area contributed by atoms with Crippen LogP contribution < -0.4 is 0 Å². The SMILES string of the molecule is CC(CO)[C@@H](O)C(O)C(O)C(O)O. The third-order valence-electron chi connectivity index (χ3n) is 1.88. The third-order valence-corrected chi connectivity index (χ3v) is 1.88. The summed E-state index contributed by atoms with van der Waals surface area (Å²) in [5, 5.41) is 52.8. The molecule has 0 saturated heterocycles. The number of rotatable bonds is 5. The minimum atomic E-state index is -2.12. The van der Waals surface area contributed by atoms with Crippen LogP contribution >= 0.6 is 0 Å². The van der Waals surface area contributed by atoms with Gasteiger partial charge in [-0.25, -0.2) is 0 Å². The zero-order valence-corrected chi connectivity index (χ0v) is 7.28. The van der Waals surface area contributed by atoms with E-state index >= 15 is 0 Å². The highest BCUT2D eigenvalue weighted by Gasteiger charge is 2.32. The molecule has 6 N–H and O–H groups in total. The Morgan fingerprint density at radius 3 is 1.62 bits per heavy atom. The van der Waals surface area contributed by atoms with Gasteiger partial charge in [0.15, 0.2) is 6.29 Å². The van der Waals surface area contributed by atoms with Crippen LogP contribution in [-0.4, -0.2) is 61.8 Å². The summed E-state index contributed by atoms with van der Waals surface area (Å²) in [6.07, 6.45) is -7.05. The second-order valence-corrected chi connectivity index (χ2v) is 3.05. The minimum absolute atomic E-state index is 0.369. The number of hydrogen-bond acceptors (Lipinski definition) is 6. The summed E-state index contributed by atoms with van der Waals surface area (Å²) < 4.78 is 0. The summed E-state index contributed by atoms with van der Waals surface area (Å²) in [7, 11) is 0. The number of aliphatic hydroxyl groups is 6. The summed E-state index contributed by atoms with van der Waals surface area (Å²) in [6, 6.07) is 0. The molecule has 0 amide bonds. The van der Waals surface area contributed by atoms with Crippen LogP contribution in [0, 0.1) is 5.92 Å². The van der Waals surface area contributed by atoms with Gasteiger partial charge in [-0.2, -0.15) is 0 Å². The largest absolute Gasteiger partial charge is 0.396 e. The maximum absolute atomic E-state index is 9.21. The van der Waals surface area contributed by atoms with Crippen molar-refractivity contribution in [3.63, 3.8) is 0 Å². The van der Waals surface area contributed by atoms with Gasteiger partial charge in [0.25, 0.3) is 0 Å². The Labute approximate surface area is 75.7 Å². The highest BCUT2D eigenvalue weighted by molar-refractivity contribution is 4.79. The van der Waals surface area contributed by atoms with Gasteiger partial charge in [0.1, 0.15) is 12.2 Å². The molecule has 80 valence electrons. The van der Waals surface area contributed by atoms with E-state index < -0.39 is 30.5 Å². The molecule has 4 atom stereocenters.